The predicted molar refractivity (Wildman–Crippen MR) is 95.7 cm³/mol. The Morgan fingerprint density at radius 2 is 1.88 bits per heavy atom. The summed E-state index contributed by atoms with van der Waals surface area (Å²) >= 11 is 5.83. The zero-order valence-corrected chi connectivity index (χ0v) is 14.7. The lowest BCUT2D eigenvalue weighted by molar-refractivity contribution is -0.117. The molecule has 0 radical (unpaired) electrons. The Labute approximate surface area is 146 Å². The van der Waals surface area contributed by atoms with E-state index in [0.29, 0.717) is 12.2 Å². The number of anilines is 2. The second-order valence-corrected chi connectivity index (χ2v) is 5.65. The molecule has 2 aromatic carbocycles. The van der Waals surface area contributed by atoms with Crippen molar-refractivity contribution in [1.82, 2.24) is 0 Å². The molecule has 0 atom stereocenters. The summed E-state index contributed by atoms with van der Waals surface area (Å²) in [7, 11) is 3.27. The van der Waals surface area contributed by atoms with E-state index in [1.807, 2.05) is 6.92 Å². The van der Waals surface area contributed by atoms with E-state index in [1.54, 1.807) is 55.5 Å². The number of benzene rings is 2. The zero-order valence-electron chi connectivity index (χ0n) is 13.9. The van der Waals surface area contributed by atoms with Gasteiger partial charge in [0.25, 0.3) is 0 Å². The van der Waals surface area contributed by atoms with Gasteiger partial charge in [-0.2, -0.15) is 0 Å². The first-order valence-electron chi connectivity index (χ1n) is 7.57. The number of carbonyl (C=O) groups excluding carboxylic acids is 1. The first-order valence-corrected chi connectivity index (χ1v) is 7.95. The minimum Gasteiger partial charge on any atom is -0.497 e. The average Bonchev–Trinajstić information content (AvgIpc) is 2.61. The summed E-state index contributed by atoms with van der Waals surface area (Å²) in [5, 5.41) is 0.0434. The molecular weight excluding hydrogens is 331 g/mol. The lowest BCUT2D eigenvalue weighted by Gasteiger charge is -2.26. The molecule has 6 heteroatoms. The van der Waals surface area contributed by atoms with Crippen molar-refractivity contribution < 1.29 is 13.9 Å². The van der Waals surface area contributed by atoms with E-state index in [0.717, 1.165) is 11.4 Å². The number of hydrogen-bond acceptors (Lipinski definition) is 3. The number of likely N-dealkylation sites (N-methyl/N-ethyl adjacent to an activating group) is 2. The number of hydrogen-bond donors (Lipinski definition) is 0. The molecule has 0 saturated heterocycles. The molecule has 0 aliphatic heterocycles. The number of methoxy groups -OCH3 is 1. The maximum atomic E-state index is 14.2. The van der Waals surface area contributed by atoms with Crippen LogP contribution in [0.4, 0.5) is 15.8 Å². The largest absolute Gasteiger partial charge is 0.497 e. The molecule has 0 unspecified atom stereocenters. The number of nitrogens with zero attached hydrogens (tertiary/aromatic N) is 2. The molecule has 128 valence electrons. The van der Waals surface area contributed by atoms with Gasteiger partial charge in [-0.15, -0.1) is 0 Å². The summed E-state index contributed by atoms with van der Waals surface area (Å²) in [5.41, 5.74) is 1.06. The predicted octanol–water partition coefficient (Wildman–Crippen LogP) is 3.98. The molecule has 0 N–H and O–H groups in total. The van der Waals surface area contributed by atoms with E-state index in [2.05, 4.69) is 0 Å². The van der Waals surface area contributed by atoms with Crippen molar-refractivity contribution in [2.75, 3.05) is 37.0 Å². The summed E-state index contributed by atoms with van der Waals surface area (Å²) < 4.78 is 19.3. The van der Waals surface area contributed by atoms with Gasteiger partial charge in [0.15, 0.2) is 5.82 Å². The molecule has 0 heterocycles. The average molecular weight is 351 g/mol. The highest BCUT2D eigenvalue weighted by molar-refractivity contribution is 6.31. The summed E-state index contributed by atoms with van der Waals surface area (Å²) in [6.07, 6.45) is 0. The Bertz CT molecular complexity index is 707. The number of ether oxygens (including phenoxy) is 1. The molecule has 0 fully saturated rings. The van der Waals surface area contributed by atoms with Gasteiger partial charge in [0.05, 0.1) is 24.4 Å². The maximum Gasteiger partial charge on any atom is 0.246 e. The van der Waals surface area contributed by atoms with E-state index in [-0.39, 0.29) is 17.5 Å². The molecule has 0 spiro atoms. The molecule has 0 aliphatic rings. The Morgan fingerprint density at radius 1 is 1.21 bits per heavy atom. The molecule has 24 heavy (non-hydrogen) atoms. The normalized spacial score (nSPS) is 10.4. The third-order valence-electron chi connectivity index (χ3n) is 3.81. The Kier molecular flexibility index (Phi) is 6.04. The van der Waals surface area contributed by atoms with Crippen molar-refractivity contribution >= 4 is 28.9 Å². The van der Waals surface area contributed by atoms with Crippen LogP contribution in [0, 0.1) is 5.82 Å². The van der Waals surface area contributed by atoms with E-state index in [9.17, 15) is 9.18 Å². The van der Waals surface area contributed by atoms with Crippen LogP contribution in [0.25, 0.3) is 0 Å². The topological polar surface area (TPSA) is 32.8 Å². The van der Waals surface area contributed by atoms with Crippen LogP contribution in [0.2, 0.25) is 5.02 Å². The van der Waals surface area contributed by atoms with Gasteiger partial charge in [0, 0.05) is 19.3 Å². The van der Waals surface area contributed by atoms with Gasteiger partial charge < -0.3 is 14.5 Å². The smallest absolute Gasteiger partial charge is 0.246 e. The molecule has 4 nitrogen and oxygen atoms in total. The molecule has 1 amide bonds. The van der Waals surface area contributed by atoms with Crippen LogP contribution in [0.15, 0.2) is 42.5 Å². The molecule has 2 aromatic rings. The third kappa shape index (κ3) is 3.97. The van der Waals surface area contributed by atoms with Gasteiger partial charge in [0.1, 0.15) is 5.75 Å². The third-order valence-corrected chi connectivity index (χ3v) is 4.11. The highest BCUT2D eigenvalue weighted by atomic mass is 35.5. The van der Waals surface area contributed by atoms with Crippen molar-refractivity contribution in [3.05, 3.63) is 53.3 Å². The van der Waals surface area contributed by atoms with Crippen LogP contribution in [-0.4, -0.2) is 33.2 Å². The molecule has 0 saturated carbocycles. The van der Waals surface area contributed by atoms with Gasteiger partial charge >= 0.3 is 0 Å². The Morgan fingerprint density at radius 3 is 2.46 bits per heavy atom. The molecule has 2 rings (SSSR count). The summed E-state index contributed by atoms with van der Waals surface area (Å²) in [6.45, 7) is 2.40. The van der Waals surface area contributed by atoms with Crippen molar-refractivity contribution in [1.29, 1.82) is 0 Å². The number of carbonyl (C=O) groups is 1. The molecule has 0 aliphatic carbocycles. The number of rotatable bonds is 6. The maximum absolute atomic E-state index is 14.2. The summed E-state index contributed by atoms with van der Waals surface area (Å²) in [4.78, 5) is 15.7. The van der Waals surface area contributed by atoms with Crippen LogP contribution >= 0.6 is 11.6 Å². The first kappa shape index (κ1) is 18.1. The number of amides is 1. The highest BCUT2D eigenvalue weighted by Gasteiger charge is 2.18. The molecular formula is C18H20ClFN2O2. The van der Waals surface area contributed by atoms with Crippen LogP contribution in [0.5, 0.6) is 5.75 Å². The highest BCUT2D eigenvalue weighted by Crippen LogP contribution is 2.26. The quantitative estimate of drug-likeness (QED) is 0.790. The standard InChI is InChI=1S/C18H20ClFN2O2/c1-4-22(16-7-5-6-15(19)18(16)20)12-17(23)21(2)13-8-10-14(24-3)11-9-13/h5-11H,4,12H2,1-3H3. The fraction of sp³-hybridized carbons (Fsp3) is 0.278. The number of halogens is 2. The van der Waals surface area contributed by atoms with E-state index in [4.69, 9.17) is 16.3 Å². The fourth-order valence-corrected chi connectivity index (χ4v) is 2.49. The van der Waals surface area contributed by atoms with Crippen molar-refractivity contribution in [3.8, 4) is 5.75 Å². The van der Waals surface area contributed by atoms with Crippen LogP contribution in [0.1, 0.15) is 6.92 Å². The van der Waals surface area contributed by atoms with E-state index < -0.39 is 5.82 Å². The minimum atomic E-state index is -0.513. The van der Waals surface area contributed by atoms with Crippen LogP contribution in [-0.2, 0) is 4.79 Å². The second-order valence-electron chi connectivity index (χ2n) is 5.24. The SMILES string of the molecule is CCN(CC(=O)N(C)c1ccc(OC)cc1)c1cccc(Cl)c1F. The van der Waals surface area contributed by atoms with Gasteiger partial charge in [-0.25, -0.2) is 4.39 Å². The van der Waals surface area contributed by atoms with Gasteiger partial charge in [0.2, 0.25) is 5.91 Å². The van der Waals surface area contributed by atoms with Crippen LogP contribution < -0.4 is 14.5 Å². The van der Waals surface area contributed by atoms with Crippen LogP contribution in [0.3, 0.4) is 0 Å². The Balaban J connectivity index is 2.14. The Hall–Kier alpha value is -2.27. The van der Waals surface area contributed by atoms with Gasteiger partial charge in [-0.3, -0.25) is 4.79 Å². The van der Waals surface area contributed by atoms with Gasteiger partial charge in [-0.1, -0.05) is 17.7 Å². The van der Waals surface area contributed by atoms with Crippen molar-refractivity contribution in [2.24, 2.45) is 0 Å². The zero-order chi connectivity index (χ0) is 17.7. The van der Waals surface area contributed by atoms with E-state index >= 15 is 0 Å². The monoisotopic (exact) mass is 350 g/mol. The fourth-order valence-electron chi connectivity index (χ4n) is 2.32. The lowest BCUT2D eigenvalue weighted by Crippen LogP contribution is -2.38. The van der Waals surface area contributed by atoms with Crippen molar-refractivity contribution in [2.45, 2.75) is 6.92 Å². The summed E-state index contributed by atoms with van der Waals surface area (Å²) in [5.74, 6) is 0.0538. The van der Waals surface area contributed by atoms with Gasteiger partial charge in [-0.05, 0) is 43.3 Å². The van der Waals surface area contributed by atoms with Crippen molar-refractivity contribution in [3.63, 3.8) is 0 Å². The van der Waals surface area contributed by atoms with E-state index in [1.165, 1.54) is 11.0 Å². The summed E-state index contributed by atoms with van der Waals surface area (Å²) in [6, 6.07) is 11.9. The first-order chi connectivity index (χ1) is 11.5. The second kappa shape index (κ2) is 8.02. The molecule has 0 aromatic heterocycles. The lowest BCUT2D eigenvalue weighted by atomic mass is 10.2. The molecule has 0 bridgehead atoms. The minimum absolute atomic E-state index is 0.0434.